The van der Waals surface area contributed by atoms with E-state index in [0.29, 0.717) is 10.8 Å². The molecule has 0 unspecified atom stereocenters. The fraction of sp³-hybridized carbons (Fsp3) is 0.143. The Labute approximate surface area is 151 Å². The first kappa shape index (κ1) is 18.3. The Kier molecular flexibility index (Phi) is 5.82. The predicted octanol–water partition coefficient (Wildman–Crippen LogP) is 2.73. The van der Waals surface area contributed by atoms with Crippen LogP contribution in [0.2, 0.25) is 0 Å². The second-order valence-corrected chi connectivity index (χ2v) is 5.89. The van der Waals surface area contributed by atoms with Crippen LogP contribution in [0.3, 0.4) is 0 Å². The molecule has 10 heteroatoms. The Morgan fingerprint density at radius 1 is 1.00 bits per heavy atom. The first-order chi connectivity index (χ1) is 11.3. The minimum Gasteiger partial charge on any atom is -0.325 e. The minimum atomic E-state index is -0.877. The molecule has 1 aromatic rings. The lowest BCUT2D eigenvalue weighted by molar-refractivity contribution is -0.172. The topological polar surface area (TPSA) is 92.8 Å². The van der Waals surface area contributed by atoms with Crippen LogP contribution < -0.4 is 5.32 Å². The van der Waals surface area contributed by atoms with Crippen LogP contribution in [0.1, 0.15) is 23.2 Å². The minimum absolute atomic E-state index is 0.00842. The highest BCUT2D eigenvalue weighted by Gasteiger charge is 2.33. The number of amides is 3. The molecule has 2 rings (SSSR count). The van der Waals surface area contributed by atoms with E-state index in [1.807, 2.05) is 0 Å². The van der Waals surface area contributed by atoms with Crippen molar-refractivity contribution in [2.75, 3.05) is 5.32 Å². The van der Waals surface area contributed by atoms with Crippen molar-refractivity contribution < 1.29 is 24.0 Å². The van der Waals surface area contributed by atoms with Gasteiger partial charge in [-0.15, -0.1) is 5.06 Å². The summed E-state index contributed by atoms with van der Waals surface area (Å²) in [7, 11) is 0. The van der Waals surface area contributed by atoms with E-state index in [4.69, 9.17) is 39.6 Å². The molecule has 0 aliphatic carbocycles. The van der Waals surface area contributed by atoms with Crippen LogP contribution in [0.4, 0.5) is 5.69 Å². The lowest BCUT2D eigenvalue weighted by Crippen LogP contribution is -2.32. The van der Waals surface area contributed by atoms with Gasteiger partial charge in [0.15, 0.2) is 0 Å². The van der Waals surface area contributed by atoms with Crippen LogP contribution in [0.25, 0.3) is 0 Å². The maximum atomic E-state index is 11.9. The average molecular weight is 392 g/mol. The smallest absolute Gasteiger partial charge is 0.325 e. The van der Waals surface area contributed by atoms with Gasteiger partial charge in [0.25, 0.3) is 17.7 Å². The Bertz CT molecular complexity index is 725. The van der Waals surface area contributed by atoms with Gasteiger partial charge in [-0.25, -0.2) is 4.79 Å². The predicted molar refractivity (Wildman–Crippen MR) is 86.2 cm³/mol. The Morgan fingerprint density at radius 3 is 2.04 bits per heavy atom. The normalized spacial score (nSPS) is 13.7. The Balaban J connectivity index is 2.02. The lowest BCUT2D eigenvalue weighted by Gasteiger charge is -2.12. The summed E-state index contributed by atoms with van der Waals surface area (Å²) in [6, 6.07) is 5.47. The number of halogens is 3. The molecule has 1 aromatic carbocycles. The van der Waals surface area contributed by atoms with Crippen molar-refractivity contribution >= 4 is 64.2 Å². The number of carbonyl (C=O) groups excluding carboxylic acids is 4. The van der Waals surface area contributed by atoms with E-state index in [0.717, 1.165) is 0 Å². The highest BCUT2D eigenvalue weighted by atomic mass is 35.5. The molecule has 1 N–H and O–H groups in total. The number of benzene rings is 1. The van der Waals surface area contributed by atoms with E-state index in [1.54, 1.807) is 0 Å². The molecule has 0 radical (unpaired) electrons. The zero-order chi connectivity index (χ0) is 17.9. The number of imide groups is 1. The molecule has 1 aliphatic heterocycles. The maximum Gasteiger partial charge on any atom is 0.363 e. The third kappa shape index (κ3) is 4.25. The average Bonchev–Trinajstić information content (AvgIpc) is 2.86. The molecule has 0 aromatic heterocycles. The zero-order valence-electron chi connectivity index (χ0n) is 11.8. The number of hydrogen-bond acceptors (Lipinski definition) is 5. The van der Waals surface area contributed by atoms with Crippen molar-refractivity contribution in [3.05, 3.63) is 39.4 Å². The zero-order valence-corrected chi connectivity index (χ0v) is 14.1. The van der Waals surface area contributed by atoms with Gasteiger partial charge in [-0.1, -0.05) is 34.8 Å². The van der Waals surface area contributed by atoms with Crippen LogP contribution >= 0.6 is 34.8 Å². The number of nitrogens with zero attached hydrogens (tertiary/aromatic N) is 1. The second-order valence-electron chi connectivity index (χ2n) is 4.57. The summed E-state index contributed by atoms with van der Waals surface area (Å²) < 4.78 is -0.380. The Morgan fingerprint density at radius 2 is 1.54 bits per heavy atom. The van der Waals surface area contributed by atoms with E-state index < -0.39 is 23.7 Å². The van der Waals surface area contributed by atoms with Crippen molar-refractivity contribution in [1.82, 2.24) is 5.06 Å². The molecule has 1 fully saturated rings. The standard InChI is InChI=1S/C14H9Cl3N2O5/c15-11(12(16)17)13(22)18-8-3-1-7(2-4-8)14(23)24-19-9(20)5-6-10(19)21/h1-4H,5-6H2,(H,18,22). The Hall–Kier alpha value is -2.09. The summed E-state index contributed by atoms with van der Waals surface area (Å²) in [6.45, 7) is 0. The van der Waals surface area contributed by atoms with E-state index in [9.17, 15) is 19.2 Å². The van der Waals surface area contributed by atoms with Crippen molar-refractivity contribution in [3.63, 3.8) is 0 Å². The van der Waals surface area contributed by atoms with Crippen molar-refractivity contribution in [2.24, 2.45) is 0 Å². The molecule has 0 atom stereocenters. The van der Waals surface area contributed by atoms with Crippen LogP contribution in [-0.4, -0.2) is 28.8 Å². The third-order valence-electron chi connectivity index (χ3n) is 2.92. The van der Waals surface area contributed by atoms with Gasteiger partial charge < -0.3 is 10.2 Å². The van der Waals surface area contributed by atoms with E-state index in [-0.39, 0.29) is 27.9 Å². The van der Waals surface area contributed by atoms with Gasteiger partial charge in [0.1, 0.15) is 9.52 Å². The summed E-state index contributed by atoms with van der Waals surface area (Å²) in [4.78, 5) is 51.1. The first-order valence-electron chi connectivity index (χ1n) is 6.50. The second kappa shape index (κ2) is 7.65. The van der Waals surface area contributed by atoms with Gasteiger partial charge in [-0.3, -0.25) is 14.4 Å². The fourth-order valence-electron chi connectivity index (χ4n) is 1.75. The van der Waals surface area contributed by atoms with Crippen LogP contribution in [-0.2, 0) is 19.2 Å². The summed E-state index contributed by atoms with van der Waals surface area (Å²) in [5.74, 6) is -2.74. The van der Waals surface area contributed by atoms with E-state index >= 15 is 0 Å². The lowest BCUT2D eigenvalue weighted by atomic mass is 10.2. The third-order valence-corrected chi connectivity index (χ3v) is 3.86. The molecule has 0 saturated carbocycles. The van der Waals surface area contributed by atoms with E-state index in [1.165, 1.54) is 24.3 Å². The van der Waals surface area contributed by atoms with Crippen LogP contribution in [0.5, 0.6) is 0 Å². The monoisotopic (exact) mass is 390 g/mol. The summed E-state index contributed by atoms with van der Waals surface area (Å²) in [6.07, 6.45) is 0.0168. The van der Waals surface area contributed by atoms with Crippen LogP contribution in [0, 0.1) is 0 Å². The molecular weight excluding hydrogens is 383 g/mol. The number of anilines is 1. The summed E-state index contributed by atoms with van der Waals surface area (Å²) in [5.41, 5.74) is 0.398. The molecule has 1 saturated heterocycles. The highest BCUT2D eigenvalue weighted by Crippen LogP contribution is 2.20. The summed E-state index contributed by atoms with van der Waals surface area (Å²) >= 11 is 16.4. The van der Waals surface area contributed by atoms with Gasteiger partial charge in [0.05, 0.1) is 5.56 Å². The SMILES string of the molecule is O=C(Nc1ccc(C(=O)ON2C(=O)CCC2=O)cc1)C(Cl)=C(Cl)Cl. The largest absolute Gasteiger partial charge is 0.363 e. The molecule has 1 heterocycles. The van der Waals surface area contributed by atoms with Crippen LogP contribution in [0.15, 0.2) is 33.8 Å². The van der Waals surface area contributed by atoms with Gasteiger partial charge in [0, 0.05) is 18.5 Å². The van der Waals surface area contributed by atoms with Crippen molar-refractivity contribution in [3.8, 4) is 0 Å². The van der Waals surface area contributed by atoms with Gasteiger partial charge in [0.2, 0.25) is 0 Å². The number of carbonyl (C=O) groups is 4. The van der Waals surface area contributed by atoms with Crippen molar-refractivity contribution in [2.45, 2.75) is 12.8 Å². The molecule has 3 amide bonds. The number of hydrogen-bond donors (Lipinski definition) is 1. The van der Waals surface area contributed by atoms with Gasteiger partial charge in [-0.05, 0) is 24.3 Å². The number of hydroxylamine groups is 2. The highest BCUT2D eigenvalue weighted by molar-refractivity contribution is 6.63. The molecule has 7 nitrogen and oxygen atoms in total. The summed E-state index contributed by atoms with van der Waals surface area (Å²) in [5, 5.41) is 2.48. The van der Waals surface area contributed by atoms with Gasteiger partial charge in [-0.2, -0.15) is 0 Å². The molecule has 0 bridgehead atoms. The molecule has 24 heavy (non-hydrogen) atoms. The molecular formula is C14H9Cl3N2O5. The molecule has 126 valence electrons. The quantitative estimate of drug-likeness (QED) is 0.629. The fourth-order valence-corrected chi connectivity index (χ4v) is 1.97. The van der Waals surface area contributed by atoms with Crippen molar-refractivity contribution in [1.29, 1.82) is 0 Å². The number of rotatable bonds is 4. The first-order valence-corrected chi connectivity index (χ1v) is 7.63. The van der Waals surface area contributed by atoms with Gasteiger partial charge >= 0.3 is 5.97 Å². The van der Waals surface area contributed by atoms with E-state index in [2.05, 4.69) is 5.32 Å². The molecule has 0 spiro atoms. The number of nitrogens with one attached hydrogen (secondary N) is 1. The molecule has 1 aliphatic rings. The maximum absolute atomic E-state index is 11.9.